The van der Waals surface area contributed by atoms with Crippen LogP contribution in [0.5, 0.6) is 5.75 Å². The Kier molecular flexibility index (Phi) is 13.7. The van der Waals surface area contributed by atoms with Crippen molar-refractivity contribution in [2.24, 2.45) is 0 Å². The van der Waals surface area contributed by atoms with Crippen LogP contribution in [0.3, 0.4) is 0 Å². The molecule has 0 aliphatic carbocycles. The highest BCUT2D eigenvalue weighted by Gasteiger charge is 2.41. The van der Waals surface area contributed by atoms with Gasteiger partial charge in [0.25, 0.3) is 5.91 Å². The summed E-state index contributed by atoms with van der Waals surface area (Å²) in [7, 11) is 0. The molecule has 6 N–H and O–H groups in total. The number of carbonyl (C=O) groups excluding carboxylic acids is 1. The fraction of sp³-hybridized carbons (Fsp3) is 0.432. The smallest absolute Gasteiger partial charge is 0.328 e. The summed E-state index contributed by atoms with van der Waals surface area (Å²) in [5.41, 5.74) is 2.69. The van der Waals surface area contributed by atoms with Gasteiger partial charge >= 0.3 is 16.8 Å². The van der Waals surface area contributed by atoms with Crippen molar-refractivity contribution in [3.63, 3.8) is 0 Å². The number of nitrogens with one attached hydrogen (secondary N) is 2. The molecule has 2 saturated heterocycles. The van der Waals surface area contributed by atoms with Gasteiger partial charge in [-0.15, -0.1) is 11.3 Å². The summed E-state index contributed by atoms with van der Waals surface area (Å²) >= 11 is 2.48. The van der Waals surface area contributed by atoms with Gasteiger partial charge in [0.05, 0.1) is 34.6 Å². The molecule has 14 nitrogen and oxygen atoms in total. The van der Waals surface area contributed by atoms with E-state index in [1.807, 2.05) is 22.4 Å². The number of halogens is 1. The molecule has 2 fully saturated rings. The fourth-order valence-corrected chi connectivity index (χ4v) is 8.17. The Labute approximate surface area is 318 Å². The third kappa shape index (κ3) is 10.6. The minimum atomic E-state index is -1.26. The Morgan fingerprint density at radius 1 is 1.11 bits per heavy atom. The Hall–Kier alpha value is -4.52. The van der Waals surface area contributed by atoms with E-state index < -0.39 is 18.0 Å². The number of aromatic nitrogens is 2. The molecule has 4 heterocycles. The van der Waals surface area contributed by atoms with E-state index in [4.69, 9.17) is 14.9 Å². The molecule has 1 amide bonds. The van der Waals surface area contributed by atoms with Crippen molar-refractivity contribution in [3.8, 4) is 5.75 Å². The number of piperidine rings is 1. The summed E-state index contributed by atoms with van der Waals surface area (Å²) in [6.45, 7) is 8.84. The van der Waals surface area contributed by atoms with Gasteiger partial charge in [-0.25, -0.2) is 19.0 Å². The number of benzene rings is 2. The highest BCUT2D eigenvalue weighted by atomic mass is 32.1. The summed E-state index contributed by atoms with van der Waals surface area (Å²) in [5.74, 6) is -2.54. The molecule has 1 atom stereocenters. The SMILES string of the molecule is CC(C)c1nc(C(=O)N2CCOC3(CCN(Cc4ccc(F)c(CCNC[C@H](O)c5ccc(O)c6[nH]c(=O)sc56)c4)CC3)C2)cs1.O=C(O)C=CC(=O)O. The number of morpholine rings is 1. The van der Waals surface area contributed by atoms with Crippen molar-refractivity contribution in [2.45, 2.75) is 57.3 Å². The largest absolute Gasteiger partial charge is 0.506 e. The van der Waals surface area contributed by atoms with Crippen LogP contribution in [0.2, 0.25) is 0 Å². The number of amides is 1. The van der Waals surface area contributed by atoms with Crippen LogP contribution < -0.4 is 10.2 Å². The zero-order valence-corrected chi connectivity index (χ0v) is 31.6. The number of carboxylic acid groups (broad SMARTS) is 2. The Bertz CT molecular complexity index is 2020. The van der Waals surface area contributed by atoms with Gasteiger partial charge in [0.15, 0.2) is 0 Å². The molecule has 2 aromatic carbocycles. The molecule has 290 valence electrons. The maximum Gasteiger partial charge on any atom is 0.328 e. The number of carbonyl (C=O) groups is 3. The molecule has 4 aromatic rings. The van der Waals surface area contributed by atoms with E-state index in [-0.39, 0.29) is 34.5 Å². The van der Waals surface area contributed by atoms with Gasteiger partial charge in [-0.05, 0) is 49.1 Å². The molecular weight excluding hydrogens is 742 g/mol. The van der Waals surface area contributed by atoms with Crippen molar-refractivity contribution < 1.29 is 43.9 Å². The van der Waals surface area contributed by atoms with Crippen LogP contribution in [0.4, 0.5) is 4.39 Å². The van der Waals surface area contributed by atoms with Crippen LogP contribution in [0.15, 0.2) is 52.7 Å². The number of H-pyrrole nitrogens is 1. The summed E-state index contributed by atoms with van der Waals surface area (Å²) in [5, 5.41) is 42.4. The van der Waals surface area contributed by atoms with Gasteiger partial charge in [-0.3, -0.25) is 14.5 Å². The molecule has 2 aliphatic rings. The lowest BCUT2D eigenvalue weighted by Gasteiger charge is -2.47. The number of aromatic hydroxyl groups is 1. The van der Waals surface area contributed by atoms with E-state index in [0.717, 1.165) is 47.8 Å². The first kappa shape index (κ1) is 40.7. The van der Waals surface area contributed by atoms with Gasteiger partial charge in [0, 0.05) is 61.7 Å². The van der Waals surface area contributed by atoms with Crippen LogP contribution in [0.1, 0.15) is 70.9 Å². The topological polar surface area (TPSA) is 206 Å². The molecule has 0 saturated carbocycles. The lowest BCUT2D eigenvalue weighted by Crippen LogP contribution is -2.58. The normalized spacial score (nSPS) is 16.5. The zero-order valence-electron chi connectivity index (χ0n) is 29.9. The lowest BCUT2D eigenvalue weighted by atomic mass is 9.89. The van der Waals surface area contributed by atoms with Gasteiger partial charge in [-0.2, -0.15) is 0 Å². The van der Waals surface area contributed by atoms with Crippen LogP contribution >= 0.6 is 22.7 Å². The molecule has 54 heavy (non-hydrogen) atoms. The minimum Gasteiger partial charge on any atom is -0.506 e. The first-order chi connectivity index (χ1) is 25.7. The number of aliphatic hydroxyl groups excluding tert-OH is 1. The zero-order chi connectivity index (χ0) is 39.0. The van der Waals surface area contributed by atoms with Crippen molar-refractivity contribution >= 4 is 50.7 Å². The predicted octanol–water partition coefficient (Wildman–Crippen LogP) is 4.10. The van der Waals surface area contributed by atoms with Crippen molar-refractivity contribution in [2.75, 3.05) is 45.9 Å². The van der Waals surface area contributed by atoms with Gasteiger partial charge in [0.1, 0.15) is 22.8 Å². The Morgan fingerprint density at radius 3 is 2.50 bits per heavy atom. The highest BCUT2D eigenvalue weighted by Crippen LogP contribution is 2.33. The number of nitrogens with zero attached hydrogens (tertiary/aromatic N) is 3. The summed E-state index contributed by atoms with van der Waals surface area (Å²) < 4.78 is 21.5. The van der Waals surface area contributed by atoms with Crippen molar-refractivity contribution in [3.05, 3.63) is 90.7 Å². The average molecular weight is 786 g/mol. The summed E-state index contributed by atoms with van der Waals surface area (Å²) in [6.07, 6.45) is 2.31. The third-order valence-electron chi connectivity index (χ3n) is 9.28. The number of aliphatic carboxylic acids is 2. The lowest BCUT2D eigenvalue weighted by molar-refractivity contribution is -0.134. The number of aliphatic hydroxyl groups is 1. The van der Waals surface area contributed by atoms with Gasteiger partial charge < -0.3 is 40.4 Å². The first-order valence-electron chi connectivity index (χ1n) is 17.5. The number of ether oxygens (including phenoxy) is 1. The molecule has 6 rings (SSSR count). The van der Waals surface area contributed by atoms with E-state index in [1.54, 1.807) is 6.07 Å². The Balaban J connectivity index is 0.000000631. The van der Waals surface area contributed by atoms with Gasteiger partial charge in [0.2, 0.25) is 0 Å². The van der Waals surface area contributed by atoms with Crippen LogP contribution in [0, 0.1) is 5.82 Å². The molecule has 17 heteroatoms. The summed E-state index contributed by atoms with van der Waals surface area (Å²) in [6, 6.07) is 8.32. The van der Waals surface area contributed by atoms with Crippen molar-refractivity contribution in [1.82, 2.24) is 25.1 Å². The first-order valence-corrected chi connectivity index (χ1v) is 19.2. The monoisotopic (exact) mass is 785 g/mol. The van der Waals surface area contributed by atoms with E-state index >= 15 is 0 Å². The molecular formula is C37H44FN5O9S2. The minimum absolute atomic E-state index is 0.0206. The number of carboxylic acids is 2. The molecule has 0 unspecified atom stereocenters. The maximum atomic E-state index is 14.7. The Morgan fingerprint density at radius 2 is 1.83 bits per heavy atom. The van der Waals surface area contributed by atoms with Crippen LogP contribution in [-0.4, -0.2) is 110 Å². The molecule has 2 aromatic heterocycles. The second-order valence-corrected chi connectivity index (χ2v) is 15.4. The fourth-order valence-electron chi connectivity index (χ4n) is 6.44. The quantitative estimate of drug-likeness (QED) is 0.0888. The van der Waals surface area contributed by atoms with E-state index in [9.17, 15) is 33.8 Å². The predicted molar refractivity (Wildman–Crippen MR) is 202 cm³/mol. The molecule has 1 spiro atoms. The highest BCUT2D eigenvalue weighted by molar-refractivity contribution is 7.16. The maximum absolute atomic E-state index is 14.7. The third-order valence-corrected chi connectivity index (χ3v) is 11.4. The molecule has 2 aliphatic heterocycles. The molecule has 0 radical (unpaired) electrons. The second kappa shape index (κ2) is 18.2. The van der Waals surface area contributed by atoms with Crippen LogP contribution in [-0.2, 0) is 27.3 Å². The van der Waals surface area contributed by atoms with Gasteiger partial charge in [-0.1, -0.05) is 43.4 Å². The standard InChI is InChI=1S/C33H40FN5O5S2.C4H4O4/c1-20(2)30-36-25(18-45-30)31(42)39-13-14-44-33(19-39)8-11-38(12-9-33)17-21-3-5-24(34)22(15-21)7-10-35-16-27(41)23-4-6-26(40)28-29(23)46-32(43)37-28;5-3(6)1-2-4(7)8/h3-6,15,18,20,27,35,40-41H,7-14,16-17,19H2,1-2H3,(H,37,43);1-2H,(H,5,6)(H,7,8)/t27-;/m0./s1. The average Bonchev–Trinajstić information content (AvgIpc) is 3.80. The molecule has 0 bridgehead atoms. The number of fused-ring (bicyclic) bond motifs is 1. The number of likely N-dealkylation sites (tertiary alicyclic amines) is 1. The number of thiazole rings is 2. The number of aromatic amines is 1. The number of phenols is 1. The van der Waals surface area contributed by atoms with E-state index in [0.29, 0.717) is 84.3 Å². The number of hydrogen-bond donors (Lipinski definition) is 6. The number of phenolic OH excluding ortho intramolecular Hbond substituents is 1. The second-order valence-electron chi connectivity index (χ2n) is 13.6. The van der Waals surface area contributed by atoms with Crippen molar-refractivity contribution in [1.29, 1.82) is 0 Å². The number of rotatable bonds is 12. The summed E-state index contributed by atoms with van der Waals surface area (Å²) in [4.78, 5) is 55.2. The van der Waals surface area contributed by atoms with Crippen LogP contribution in [0.25, 0.3) is 10.2 Å². The number of hydrogen-bond acceptors (Lipinski definition) is 12. The van der Waals surface area contributed by atoms with E-state index in [2.05, 4.69) is 34.0 Å². The van der Waals surface area contributed by atoms with E-state index in [1.165, 1.54) is 23.5 Å².